The van der Waals surface area contributed by atoms with Crippen LogP contribution < -0.4 is 10.0 Å². The smallest absolute Gasteiger partial charge is 0.261 e. The molecule has 0 heterocycles. The van der Waals surface area contributed by atoms with Crippen molar-refractivity contribution in [2.45, 2.75) is 37.0 Å². The van der Waals surface area contributed by atoms with Crippen LogP contribution in [-0.4, -0.2) is 14.3 Å². The summed E-state index contributed by atoms with van der Waals surface area (Å²) in [4.78, 5) is 12.4. The highest BCUT2D eigenvalue weighted by molar-refractivity contribution is 7.92. The second-order valence-electron chi connectivity index (χ2n) is 6.56. The average molecular weight is 427 g/mol. The summed E-state index contributed by atoms with van der Waals surface area (Å²) in [5, 5.41) is 3.26. The zero-order valence-corrected chi connectivity index (χ0v) is 16.9. The lowest BCUT2D eigenvalue weighted by Crippen LogP contribution is -2.24. The third-order valence-corrected chi connectivity index (χ3v) is 6.80. The summed E-state index contributed by atoms with van der Waals surface area (Å²) < 4.78 is 27.5. The summed E-state index contributed by atoms with van der Waals surface area (Å²) in [7, 11) is -3.82. The highest BCUT2D eigenvalue weighted by Gasteiger charge is 2.21. The molecule has 5 nitrogen and oxygen atoms in total. The average Bonchev–Trinajstić information content (AvgIpc) is 2.66. The van der Waals surface area contributed by atoms with Crippen molar-refractivity contribution in [2.24, 2.45) is 5.92 Å². The third-order valence-electron chi connectivity index (χ3n) is 4.60. The fourth-order valence-corrected chi connectivity index (χ4v) is 4.59. The number of rotatable bonds is 5. The van der Waals surface area contributed by atoms with Gasteiger partial charge in [-0.2, -0.15) is 0 Å². The van der Waals surface area contributed by atoms with Gasteiger partial charge < -0.3 is 5.32 Å². The molecule has 0 spiro atoms. The number of sulfonamides is 1. The van der Waals surface area contributed by atoms with E-state index in [9.17, 15) is 13.2 Å². The molecule has 0 unspecified atom stereocenters. The first-order valence-corrected chi connectivity index (χ1v) is 11.0. The number of nitrogens with one attached hydrogen (secondary N) is 2. The summed E-state index contributed by atoms with van der Waals surface area (Å²) in [6.45, 7) is 0. The molecule has 2 N–H and O–H groups in total. The van der Waals surface area contributed by atoms with Gasteiger partial charge in [0.25, 0.3) is 10.0 Å². The normalized spacial score (nSPS) is 15.3. The van der Waals surface area contributed by atoms with Crippen molar-refractivity contribution in [3.05, 3.63) is 52.5 Å². The van der Waals surface area contributed by atoms with E-state index in [1.54, 1.807) is 24.3 Å². The Morgan fingerprint density at radius 3 is 2.30 bits per heavy atom. The lowest BCUT2D eigenvalue weighted by Gasteiger charge is -2.20. The topological polar surface area (TPSA) is 75.3 Å². The van der Waals surface area contributed by atoms with Gasteiger partial charge in [0.1, 0.15) is 0 Å². The Kier molecular flexibility index (Phi) is 6.29. The van der Waals surface area contributed by atoms with Crippen LogP contribution in [0.2, 0.25) is 10.0 Å². The van der Waals surface area contributed by atoms with Gasteiger partial charge in [-0.05, 0) is 49.2 Å². The molecule has 2 aromatic carbocycles. The Morgan fingerprint density at radius 2 is 1.63 bits per heavy atom. The predicted octanol–water partition coefficient (Wildman–Crippen LogP) is 5.31. The number of amides is 1. The van der Waals surface area contributed by atoms with E-state index in [2.05, 4.69) is 10.0 Å². The van der Waals surface area contributed by atoms with Gasteiger partial charge in [0.15, 0.2) is 0 Å². The van der Waals surface area contributed by atoms with Gasteiger partial charge >= 0.3 is 0 Å². The number of hydrogen-bond donors (Lipinski definition) is 2. The maximum absolute atomic E-state index is 12.5. The van der Waals surface area contributed by atoms with Crippen molar-refractivity contribution in [1.82, 2.24) is 0 Å². The fourth-order valence-electron chi connectivity index (χ4n) is 3.11. The molecule has 0 atom stereocenters. The van der Waals surface area contributed by atoms with E-state index < -0.39 is 10.0 Å². The standard InChI is InChI=1S/C19H20Cl2N2O3S/c20-16-7-4-8-17(18(16)21)23-27(25,26)15-11-9-14(10-12-15)22-19(24)13-5-2-1-3-6-13/h4,7-13,23H,1-3,5-6H2,(H,22,24). The SMILES string of the molecule is O=C(Nc1ccc(S(=O)(=O)Nc2cccc(Cl)c2Cl)cc1)C1CCCCC1. The van der Waals surface area contributed by atoms with Crippen molar-refractivity contribution in [1.29, 1.82) is 0 Å². The van der Waals surface area contributed by atoms with Crippen LogP contribution in [-0.2, 0) is 14.8 Å². The summed E-state index contributed by atoms with van der Waals surface area (Å²) in [6.07, 6.45) is 5.14. The van der Waals surface area contributed by atoms with Crippen LogP contribution >= 0.6 is 23.2 Å². The maximum atomic E-state index is 12.5. The van der Waals surface area contributed by atoms with Gasteiger partial charge in [-0.3, -0.25) is 9.52 Å². The summed E-state index contributed by atoms with van der Waals surface area (Å²) in [5.74, 6) is 0.0305. The molecule has 8 heteroatoms. The molecular weight excluding hydrogens is 407 g/mol. The number of carbonyl (C=O) groups excluding carboxylic acids is 1. The highest BCUT2D eigenvalue weighted by Crippen LogP contribution is 2.31. The Bertz CT molecular complexity index is 924. The van der Waals surface area contributed by atoms with Gasteiger partial charge in [-0.15, -0.1) is 0 Å². The Balaban J connectivity index is 1.70. The number of halogens is 2. The fraction of sp³-hybridized carbons (Fsp3) is 0.316. The zero-order valence-electron chi connectivity index (χ0n) is 14.5. The van der Waals surface area contributed by atoms with Crippen molar-refractivity contribution < 1.29 is 13.2 Å². The van der Waals surface area contributed by atoms with Crippen LogP contribution in [0, 0.1) is 5.92 Å². The van der Waals surface area contributed by atoms with E-state index >= 15 is 0 Å². The molecule has 1 aliphatic rings. The molecule has 1 amide bonds. The van der Waals surface area contributed by atoms with Crippen LogP contribution in [0.3, 0.4) is 0 Å². The van der Waals surface area contributed by atoms with Gasteiger partial charge in [-0.25, -0.2) is 8.42 Å². The van der Waals surface area contributed by atoms with E-state index in [1.807, 2.05) is 0 Å². The van der Waals surface area contributed by atoms with Crippen molar-refractivity contribution in [3.63, 3.8) is 0 Å². The maximum Gasteiger partial charge on any atom is 0.261 e. The van der Waals surface area contributed by atoms with Crippen LogP contribution in [0.5, 0.6) is 0 Å². The number of benzene rings is 2. The van der Waals surface area contributed by atoms with E-state index in [4.69, 9.17) is 23.2 Å². The van der Waals surface area contributed by atoms with Crippen molar-refractivity contribution in [2.75, 3.05) is 10.0 Å². The molecule has 1 fully saturated rings. The van der Waals surface area contributed by atoms with Crippen molar-refractivity contribution in [3.8, 4) is 0 Å². The van der Waals surface area contributed by atoms with Crippen LogP contribution in [0.4, 0.5) is 11.4 Å². The number of carbonyl (C=O) groups is 1. The largest absolute Gasteiger partial charge is 0.326 e. The molecular formula is C19H20Cl2N2O3S. The lowest BCUT2D eigenvalue weighted by molar-refractivity contribution is -0.120. The van der Waals surface area contributed by atoms with Gasteiger partial charge in [-0.1, -0.05) is 48.5 Å². The number of hydrogen-bond acceptors (Lipinski definition) is 3. The predicted molar refractivity (Wildman–Crippen MR) is 109 cm³/mol. The highest BCUT2D eigenvalue weighted by atomic mass is 35.5. The molecule has 3 rings (SSSR count). The molecule has 144 valence electrons. The first-order chi connectivity index (χ1) is 12.9. The Morgan fingerprint density at radius 1 is 0.963 bits per heavy atom. The van der Waals surface area contributed by atoms with E-state index in [-0.39, 0.29) is 32.5 Å². The summed E-state index contributed by atoms with van der Waals surface area (Å²) in [6, 6.07) is 10.8. The van der Waals surface area contributed by atoms with Gasteiger partial charge in [0.2, 0.25) is 5.91 Å². The van der Waals surface area contributed by atoms with Gasteiger partial charge in [0, 0.05) is 11.6 Å². The Labute approximate surface area is 169 Å². The first kappa shape index (κ1) is 20.0. The monoisotopic (exact) mass is 426 g/mol. The molecule has 1 aliphatic carbocycles. The van der Waals surface area contributed by atoms with Crippen LogP contribution in [0.1, 0.15) is 32.1 Å². The summed E-state index contributed by atoms with van der Waals surface area (Å²) in [5.41, 5.74) is 0.782. The molecule has 1 saturated carbocycles. The van der Waals surface area contributed by atoms with Crippen molar-refractivity contribution >= 4 is 50.5 Å². The van der Waals surface area contributed by atoms with E-state index in [0.717, 1.165) is 25.7 Å². The molecule has 0 aliphatic heterocycles. The molecule has 0 radical (unpaired) electrons. The molecule has 0 saturated heterocycles. The van der Waals surface area contributed by atoms with Gasteiger partial charge in [0.05, 0.1) is 20.6 Å². The molecule has 2 aromatic rings. The molecule has 0 aromatic heterocycles. The van der Waals surface area contributed by atoms with Crippen LogP contribution in [0.15, 0.2) is 47.4 Å². The zero-order chi connectivity index (χ0) is 19.4. The van der Waals surface area contributed by atoms with E-state index in [1.165, 1.54) is 24.6 Å². The number of anilines is 2. The second kappa shape index (κ2) is 8.50. The quantitative estimate of drug-likeness (QED) is 0.679. The minimum absolute atomic E-state index is 0.00542. The third kappa shape index (κ3) is 4.94. The second-order valence-corrected chi connectivity index (χ2v) is 9.02. The van der Waals surface area contributed by atoms with Crippen LogP contribution in [0.25, 0.3) is 0 Å². The molecule has 0 bridgehead atoms. The Hall–Kier alpha value is -1.76. The minimum Gasteiger partial charge on any atom is -0.326 e. The summed E-state index contributed by atoms with van der Waals surface area (Å²) >= 11 is 12.0. The lowest BCUT2D eigenvalue weighted by atomic mass is 9.88. The molecule has 27 heavy (non-hydrogen) atoms. The minimum atomic E-state index is -3.82. The first-order valence-electron chi connectivity index (χ1n) is 8.74. The van der Waals surface area contributed by atoms with E-state index in [0.29, 0.717) is 5.69 Å².